The van der Waals surface area contributed by atoms with Crippen molar-refractivity contribution in [2.45, 2.75) is 25.4 Å². The molecule has 0 fully saturated rings. The molecule has 0 aliphatic heterocycles. The molecule has 9 nitrogen and oxygen atoms in total. The summed E-state index contributed by atoms with van der Waals surface area (Å²) in [6.45, 7) is 0.739. The summed E-state index contributed by atoms with van der Waals surface area (Å²) < 4.78 is 3.82. The van der Waals surface area contributed by atoms with Gasteiger partial charge in [-0.25, -0.2) is 19.6 Å². The van der Waals surface area contributed by atoms with Crippen molar-refractivity contribution in [1.82, 2.24) is 39.6 Å². The molecule has 3 N–H and O–H groups in total. The van der Waals surface area contributed by atoms with E-state index in [1.165, 1.54) is 11.1 Å². The molecule has 7 rings (SSSR count). The number of pyridine rings is 3. The van der Waals surface area contributed by atoms with E-state index in [9.17, 15) is 0 Å². The van der Waals surface area contributed by atoms with Crippen LogP contribution >= 0.6 is 0 Å². The lowest BCUT2D eigenvalue weighted by molar-refractivity contribution is 0.525. The Morgan fingerprint density at radius 3 is 2.71 bits per heavy atom. The van der Waals surface area contributed by atoms with Crippen molar-refractivity contribution >= 4 is 17.0 Å². The normalized spacial score (nSPS) is 14.7. The Morgan fingerprint density at radius 2 is 1.87 bits per heavy atom. The first-order chi connectivity index (χ1) is 18.7. The Morgan fingerprint density at radius 1 is 0.921 bits per heavy atom. The number of imidazole rings is 1. The Balaban J connectivity index is 1.32. The highest BCUT2D eigenvalue weighted by molar-refractivity contribution is 5.83. The lowest BCUT2D eigenvalue weighted by Crippen LogP contribution is -2.19. The number of rotatable bonds is 6. The molecule has 38 heavy (non-hydrogen) atoms. The second kappa shape index (κ2) is 9.20. The van der Waals surface area contributed by atoms with E-state index in [1.807, 2.05) is 60.9 Å². The van der Waals surface area contributed by atoms with Gasteiger partial charge in [-0.1, -0.05) is 12.1 Å². The monoisotopic (exact) mass is 499 g/mol. The van der Waals surface area contributed by atoms with Gasteiger partial charge in [-0.15, -0.1) is 0 Å². The maximum absolute atomic E-state index is 6.31. The summed E-state index contributed by atoms with van der Waals surface area (Å²) in [5, 5.41) is 8.03. The summed E-state index contributed by atoms with van der Waals surface area (Å²) in [4.78, 5) is 18.7. The molecule has 6 aromatic rings. The molecule has 0 radical (unpaired) electrons. The van der Waals surface area contributed by atoms with Gasteiger partial charge in [-0.2, -0.15) is 5.10 Å². The molecule has 1 aromatic carbocycles. The first kappa shape index (κ1) is 22.3. The highest BCUT2D eigenvalue weighted by Gasteiger charge is 2.24. The summed E-state index contributed by atoms with van der Waals surface area (Å²) in [6.07, 6.45) is 9.17. The number of nitrogen functional groups attached to an aromatic ring is 1. The molecule has 9 heteroatoms. The molecule has 0 spiro atoms. The van der Waals surface area contributed by atoms with Crippen molar-refractivity contribution in [2.24, 2.45) is 0 Å². The van der Waals surface area contributed by atoms with Crippen LogP contribution in [0.2, 0.25) is 0 Å². The summed E-state index contributed by atoms with van der Waals surface area (Å²) in [7, 11) is 0. The van der Waals surface area contributed by atoms with Gasteiger partial charge < -0.3 is 11.1 Å². The van der Waals surface area contributed by atoms with Crippen molar-refractivity contribution in [3.8, 4) is 22.9 Å². The predicted octanol–water partition coefficient (Wildman–Crippen LogP) is 4.42. The number of hydrogen-bond acceptors (Lipinski definition) is 7. The fourth-order valence-corrected chi connectivity index (χ4v) is 5.20. The fraction of sp³-hybridized carbons (Fsp3) is 0.138. The smallest absolute Gasteiger partial charge is 0.167 e. The summed E-state index contributed by atoms with van der Waals surface area (Å²) in [5.41, 5.74) is 13.2. The molecule has 1 aliphatic rings. The average molecular weight is 500 g/mol. The van der Waals surface area contributed by atoms with Gasteiger partial charge >= 0.3 is 0 Å². The Hall–Kier alpha value is -4.89. The number of benzene rings is 1. The van der Waals surface area contributed by atoms with Crippen LogP contribution in [0.25, 0.3) is 34.1 Å². The minimum Gasteiger partial charge on any atom is -0.383 e. The molecular weight excluding hydrogens is 474 g/mol. The van der Waals surface area contributed by atoms with E-state index in [2.05, 4.69) is 43.1 Å². The van der Waals surface area contributed by atoms with Crippen LogP contribution in [0.1, 0.15) is 29.3 Å². The van der Waals surface area contributed by atoms with E-state index in [-0.39, 0.29) is 0 Å². The molecule has 5 aromatic heterocycles. The summed E-state index contributed by atoms with van der Waals surface area (Å²) in [6, 6.07) is 22.5. The topological polar surface area (TPSA) is 112 Å². The molecule has 0 amide bonds. The molecule has 0 bridgehead atoms. The zero-order valence-electron chi connectivity index (χ0n) is 20.6. The third-order valence-electron chi connectivity index (χ3n) is 7.03. The third kappa shape index (κ3) is 3.89. The van der Waals surface area contributed by atoms with E-state index in [0.717, 1.165) is 47.5 Å². The van der Waals surface area contributed by atoms with E-state index in [0.29, 0.717) is 23.5 Å². The molecule has 0 saturated carbocycles. The van der Waals surface area contributed by atoms with Crippen LogP contribution < -0.4 is 11.1 Å². The van der Waals surface area contributed by atoms with E-state index >= 15 is 0 Å². The van der Waals surface area contributed by atoms with Crippen LogP contribution in [-0.4, -0.2) is 34.3 Å². The minimum absolute atomic E-state index is 0.290. The second-order valence-electron chi connectivity index (χ2n) is 9.35. The Labute approximate surface area is 219 Å². The number of aromatic nitrogens is 7. The number of hydrogen-bond donors (Lipinski definition) is 2. The first-order valence-electron chi connectivity index (χ1n) is 12.6. The van der Waals surface area contributed by atoms with Crippen molar-refractivity contribution in [2.75, 3.05) is 5.73 Å². The SMILES string of the molecule is Nc1ncccc1-c1nc2ccc(-n3cccn3)nc2n1-c1ccc2c(c1)CC[C@@H]2NCc1ccccn1. The standard InChI is InChI=1S/C29H25N9/c30-27-23(6-3-14-32-27)28-35-25-11-12-26(37-16-4-15-34-37)36-29(25)38(28)21-8-9-22-19(17-21)7-10-24(22)33-18-20-5-1-2-13-31-20/h1-6,8-9,11-17,24,33H,7,10,18H2,(H2,30,32)/t24-/m0/s1. The highest BCUT2D eigenvalue weighted by atomic mass is 15.3. The maximum Gasteiger partial charge on any atom is 0.167 e. The molecule has 1 atom stereocenters. The Bertz CT molecular complexity index is 1740. The largest absolute Gasteiger partial charge is 0.383 e. The van der Waals surface area contributed by atoms with Crippen LogP contribution in [0.3, 0.4) is 0 Å². The number of anilines is 1. The van der Waals surface area contributed by atoms with Crippen molar-refractivity contribution in [3.05, 3.63) is 108 Å². The lowest BCUT2D eigenvalue weighted by atomic mass is 10.1. The van der Waals surface area contributed by atoms with Crippen molar-refractivity contribution in [1.29, 1.82) is 0 Å². The fourth-order valence-electron chi connectivity index (χ4n) is 5.20. The van der Waals surface area contributed by atoms with Crippen LogP contribution in [-0.2, 0) is 13.0 Å². The number of aryl methyl sites for hydroxylation is 1. The third-order valence-corrected chi connectivity index (χ3v) is 7.03. The minimum atomic E-state index is 0.290. The number of fused-ring (bicyclic) bond motifs is 2. The second-order valence-corrected chi connectivity index (χ2v) is 9.35. The van der Waals surface area contributed by atoms with Gasteiger partial charge in [0.05, 0.1) is 11.3 Å². The highest BCUT2D eigenvalue weighted by Crippen LogP contribution is 2.36. The first-order valence-corrected chi connectivity index (χ1v) is 12.6. The van der Waals surface area contributed by atoms with E-state index in [4.69, 9.17) is 15.7 Å². The van der Waals surface area contributed by atoms with Crippen molar-refractivity contribution < 1.29 is 0 Å². The number of nitrogens with one attached hydrogen (secondary N) is 1. The Kier molecular flexibility index (Phi) is 5.41. The van der Waals surface area contributed by atoms with Crippen LogP contribution in [0.4, 0.5) is 5.82 Å². The van der Waals surface area contributed by atoms with Gasteiger partial charge in [0.15, 0.2) is 17.3 Å². The number of nitrogens with zero attached hydrogens (tertiary/aromatic N) is 7. The summed E-state index contributed by atoms with van der Waals surface area (Å²) in [5.74, 6) is 1.85. The van der Waals surface area contributed by atoms with Gasteiger partial charge in [0.1, 0.15) is 11.3 Å². The van der Waals surface area contributed by atoms with Gasteiger partial charge in [-0.3, -0.25) is 9.55 Å². The van der Waals surface area contributed by atoms with Gasteiger partial charge in [0, 0.05) is 43.1 Å². The predicted molar refractivity (Wildman–Crippen MR) is 146 cm³/mol. The van der Waals surface area contributed by atoms with Gasteiger partial charge in [0.2, 0.25) is 0 Å². The van der Waals surface area contributed by atoms with Gasteiger partial charge in [-0.05, 0) is 78.6 Å². The molecule has 0 unspecified atom stereocenters. The lowest BCUT2D eigenvalue weighted by Gasteiger charge is -2.15. The van der Waals surface area contributed by atoms with E-state index < -0.39 is 0 Å². The zero-order chi connectivity index (χ0) is 25.5. The van der Waals surface area contributed by atoms with Crippen LogP contribution in [0.15, 0.2) is 91.5 Å². The molecule has 0 saturated heterocycles. The average Bonchev–Trinajstić information content (AvgIpc) is 3.71. The number of nitrogens with two attached hydrogens (primary N) is 1. The van der Waals surface area contributed by atoms with Crippen LogP contribution in [0.5, 0.6) is 0 Å². The van der Waals surface area contributed by atoms with Crippen molar-refractivity contribution in [3.63, 3.8) is 0 Å². The van der Waals surface area contributed by atoms with E-state index in [1.54, 1.807) is 17.1 Å². The molecule has 5 heterocycles. The van der Waals surface area contributed by atoms with Gasteiger partial charge in [0.25, 0.3) is 0 Å². The molecule has 1 aliphatic carbocycles. The molecule has 186 valence electrons. The maximum atomic E-state index is 6.31. The quantitative estimate of drug-likeness (QED) is 0.349. The zero-order valence-corrected chi connectivity index (χ0v) is 20.6. The summed E-state index contributed by atoms with van der Waals surface area (Å²) >= 11 is 0. The van der Waals surface area contributed by atoms with Crippen LogP contribution in [0, 0.1) is 0 Å². The molecular formula is C29H25N9.